The Balaban J connectivity index is 1.90. The predicted octanol–water partition coefficient (Wildman–Crippen LogP) is 1.26. The van der Waals surface area contributed by atoms with Crippen LogP contribution in [0.4, 0.5) is 5.69 Å². The summed E-state index contributed by atoms with van der Waals surface area (Å²) in [4.78, 5) is 25.4. The highest BCUT2D eigenvalue weighted by Crippen LogP contribution is 2.32. The molecule has 1 N–H and O–H groups in total. The number of hydrogen-bond donors (Lipinski definition) is 1. The van der Waals surface area contributed by atoms with Crippen LogP contribution in [0.5, 0.6) is 5.75 Å². The third-order valence-electron chi connectivity index (χ3n) is 3.33. The summed E-state index contributed by atoms with van der Waals surface area (Å²) in [7, 11) is 0. The van der Waals surface area contributed by atoms with Gasteiger partial charge in [-0.3, -0.25) is 4.79 Å². The number of nitrogens with zero attached hydrogens (tertiary/aromatic N) is 1. The second-order valence-electron chi connectivity index (χ2n) is 5.20. The highest BCUT2D eigenvalue weighted by Gasteiger charge is 2.25. The number of hydrogen-bond acceptors (Lipinski definition) is 5. The number of ether oxygens (including phenoxy) is 2. The molecule has 0 aromatic heterocycles. The highest BCUT2D eigenvalue weighted by atomic mass is 16.5. The van der Waals surface area contributed by atoms with Crippen molar-refractivity contribution in [1.29, 1.82) is 0 Å². The summed E-state index contributed by atoms with van der Waals surface area (Å²) in [6, 6.07) is 5.61. The lowest BCUT2D eigenvalue weighted by atomic mass is 10.1. The summed E-state index contributed by atoms with van der Waals surface area (Å²) in [5, 5.41) is 2.83. The van der Waals surface area contributed by atoms with Gasteiger partial charge >= 0.3 is 5.97 Å². The van der Waals surface area contributed by atoms with E-state index >= 15 is 0 Å². The number of nitrogens with one attached hydrogen (secondary N) is 1. The van der Waals surface area contributed by atoms with Crippen molar-refractivity contribution in [2.24, 2.45) is 0 Å². The zero-order valence-electron chi connectivity index (χ0n) is 13.1. The number of fused-ring (bicyclic) bond motifs is 1. The molecule has 1 aliphatic rings. The highest BCUT2D eigenvalue weighted by molar-refractivity contribution is 5.89. The molecule has 0 aliphatic carbocycles. The van der Waals surface area contributed by atoms with Crippen molar-refractivity contribution in [3.05, 3.63) is 23.8 Å². The summed E-state index contributed by atoms with van der Waals surface area (Å²) in [6.45, 7) is 5.97. The molecular formula is C16H22N2O4. The van der Waals surface area contributed by atoms with Crippen molar-refractivity contribution in [1.82, 2.24) is 5.32 Å². The van der Waals surface area contributed by atoms with E-state index in [1.54, 1.807) is 11.0 Å². The molecule has 0 atom stereocenters. The Kier molecular flexibility index (Phi) is 5.77. The molecule has 0 fully saturated rings. The van der Waals surface area contributed by atoms with E-state index in [0.717, 1.165) is 17.7 Å². The van der Waals surface area contributed by atoms with E-state index in [0.29, 0.717) is 25.5 Å². The van der Waals surface area contributed by atoms with Crippen LogP contribution in [0.25, 0.3) is 0 Å². The van der Waals surface area contributed by atoms with Gasteiger partial charge in [0.05, 0.1) is 12.2 Å². The van der Waals surface area contributed by atoms with Gasteiger partial charge in [0.2, 0.25) is 5.91 Å². The quantitative estimate of drug-likeness (QED) is 0.467. The first-order valence-electron chi connectivity index (χ1n) is 7.51. The number of carbonyl (C=O) groups is 2. The smallest absolute Gasteiger partial charge is 0.331 e. The van der Waals surface area contributed by atoms with Crippen molar-refractivity contribution in [2.45, 2.75) is 20.3 Å². The molecular weight excluding hydrogens is 284 g/mol. The van der Waals surface area contributed by atoms with Crippen LogP contribution < -0.4 is 15.0 Å². The van der Waals surface area contributed by atoms with E-state index in [-0.39, 0.29) is 25.0 Å². The molecule has 0 unspecified atom stereocenters. The molecule has 22 heavy (non-hydrogen) atoms. The van der Waals surface area contributed by atoms with Gasteiger partial charge in [-0.25, -0.2) is 4.79 Å². The number of benzene rings is 1. The standard InChI is InChI=1S/C16H22N2O4/c1-3-21-8-4-7-17-15(19)10-18-11-16(20)22-14-9-12(2)5-6-13(14)18/h5-6,9H,3-4,7-8,10-11H2,1-2H3,(H,17,19). The third kappa shape index (κ3) is 4.46. The molecule has 0 saturated heterocycles. The fraction of sp³-hybridized carbons (Fsp3) is 0.500. The van der Waals surface area contributed by atoms with E-state index in [2.05, 4.69) is 5.32 Å². The molecule has 1 heterocycles. The van der Waals surface area contributed by atoms with Gasteiger partial charge in [-0.2, -0.15) is 0 Å². The lowest BCUT2D eigenvalue weighted by Crippen LogP contribution is -2.43. The van der Waals surface area contributed by atoms with Crippen molar-refractivity contribution in [2.75, 3.05) is 37.7 Å². The fourth-order valence-corrected chi connectivity index (χ4v) is 2.28. The predicted molar refractivity (Wildman–Crippen MR) is 83.1 cm³/mol. The number of aryl methyl sites for hydroxylation is 1. The van der Waals surface area contributed by atoms with Gasteiger partial charge < -0.3 is 19.7 Å². The summed E-state index contributed by atoms with van der Waals surface area (Å²) in [6.07, 6.45) is 0.775. The SMILES string of the molecule is CCOCCCNC(=O)CN1CC(=O)Oc2cc(C)ccc21. The second-order valence-corrected chi connectivity index (χ2v) is 5.20. The molecule has 120 valence electrons. The number of rotatable bonds is 7. The van der Waals surface area contributed by atoms with E-state index in [1.165, 1.54) is 0 Å². The first-order chi connectivity index (χ1) is 10.6. The zero-order chi connectivity index (χ0) is 15.9. The van der Waals surface area contributed by atoms with Crippen molar-refractivity contribution < 1.29 is 19.1 Å². The normalized spacial score (nSPS) is 13.5. The Hall–Kier alpha value is -2.08. The van der Waals surface area contributed by atoms with Crippen LogP contribution in [0.1, 0.15) is 18.9 Å². The van der Waals surface area contributed by atoms with Gasteiger partial charge in [0.15, 0.2) is 5.75 Å². The minimum absolute atomic E-state index is 0.0857. The maximum Gasteiger partial charge on any atom is 0.331 e. The van der Waals surface area contributed by atoms with Crippen LogP contribution >= 0.6 is 0 Å². The molecule has 1 aliphatic heterocycles. The van der Waals surface area contributed by atoms with Gasteiger partial charge in [0.1, 0.15) is 6.54 Å². The van der Waals surface area contributed by atoms with Crippen molar-refractivity contribution >= 4 is 17.6 Å². The molecule has 6 heteroatoms. The third-order valence-corrected chi connectivity index (χ3v) is 3.33. The van der Waals surface area contributed by atoms with Crippen LogP contribution in [0.2, 0.25) is 0 Å². The zero-order valence-corrected chi connectivity index (χ0v) is 13.1. The maximum atomic E-state index is 12.0. The van der Waals surface area contributed by atoms with Crippen LogP contribution in [0, 0.1) is 6.92 Å². The number of anilines is 1. The van der Waals surface area contributed by atoms with Crippen LogP contribution in [0.15, 0.2) is 18.2 Å². The second kappa shape index (κ2) is 7.79. The molecule has 1 amide bonds. The van der Waals surface area contributed by atoms with Gasteiger partial charge in [-0.05, 0) is 38.0 Å². The van der Waals surface area contributed by atoms with Gasteiger partial charge in [0.25, 0.3) is 0 Å². The maximum absolute atomic E-state index is 12.0. The fourth-order valence-electron chi connectivity index (χ4n) is 2.28. The molecule has 1 aromatic carbocycles. The Morgan fingerprint density at radius 3 is 3.05 bits per heavy atom. The lowest BCUT2D eigenvalue weighted by molar-refractivity contribution is -0.133. The molecule has 0 bridgehead atoms. The largest absolute Gasteiger partial charge is 0.423 e. The lowest BCUT2D eigenvalue weighted by Gasteiger charge is -2.29. The number of amides is 1. The van der Waals surface area contributed by atoms with Gasteiger partial charge in [-0.1, -0.05) is 6.07 Å². The molecule has 1 aromatic rings. The summed E-state index contributed by atoms with van der Waals surface area (Å²) >= 11 is 0. The first-order valence-corrected chi connectivity index (χ1v) is 7.51. The monoisotopic (exact) mass is 306 g/mol. The van der Waals surface area contributed by atoms with E-state index < -0.39 is 0 Å². The Labute approximate surface area is 130 Å². The Morgan fingerprint density at radius 1 is 1.45 bits per heavy atom. The van der Waals surface area contributed by atoms with E-state index in [4.69, 9.17) is 9.47 Å². The van der Waals surface area contributed by atoms with Crippen LogP contribution in [0.3, 0.4) is 0 Å². The average molecular weight is 306 g/mol. The molecule has 6 nitrogen and oxygen atoms in total. The summed E-state index contributed by atoms with van der Waals surface area (Å²) in [5.41, 5.74) is 1.78. The summed E-state index contributed by atoms with van der Waals surface area (Å²) in [5.74, 6) is 0.0559. The molecule has 0 saturated carbocycles. The van der Waals surface area contributed by atoms with E-state index in [9.17, 15) is 9.59 Å². The number of carbonyl (C=O) groups excluding carboxylic acids is 2. The van der Waals surface area contributed by atoms with Gasteiger partial charge in [-0.15, -0.1) is 0 Å². The average Bonchev–Trinajstić information content (AvgIpc) is 2.46. The molecule has 2 rings (SSSR count). The molecule has 0 radical (unpaired) electrons. The topological polar surface area (TPSA) is 67.9 Å². The van der Waals surface area contributed by atoms with Gasteiger partial charge in [0, 0.05) is 19.8 Å². The first kappa shape index (κ1) is 16.3. The minimum atomic E-state index is -0.345. The van der Waals surface area contributed by atoms with Crippen LogP contribution in [-0.4, -0.2) is 44.7 Å². The van der Waals surface area contributed by atoms with Crippen molar-refractivity contribution in [3.63, 3.8) is 0 Å². The minimum Gasteiger partial charge on any atom is -0.423 e. The molecule has 0 spiro atoms. The Bertz CT molecular complexity index is 545. The Morgan fingerprint density at radius 2 is 2.27 bits per heavy atom. The summed E-state index contributed by atoms with van der Waals surface area (Å²) < 4.78 is 10.4. The number of esters is 1. The van der Waals surface area contributed by atoms with Crippen molar-refractivity contribution in [3.8, 4) is 5.75 Å². The van der Waals surface area contributed by atoms with E-state index in [1.807, 2.05) is 26.0 Å². The van der Waals surface area contributed by atoms with Crippen LogP contribution in [-0.2, 0) is 14.3 Å².